The quantitative estimate of drug-likeness (QED) is 0.572. The van der Waals surface area contributed by atoms with Gasteiger partial charge in [0.15, 0.2) is 0 Å². The number of nitrogens with zero attached hydrogens (tertiary/aromatic N) is 4. The van der Waals surface area contributed by atoms with Gasteiger partial charge >= 0.3 is 0 Å². The molecule has 30 heavy (non-hydrogen) atoms. The Balaban J connectivity index is 1.55. The molecule has 0 radical (unpaired) electrons. The number of fused-ring (bicyclic) bond motifs is 1. The number of halogens is 1. The van der Waals surface area contributed by atoms with Gasteiger partial charge in [0.2, 0.25) is 5.95 Å². The summed E-state index contributed by atoms with van der Waals surface area (Å²) in [5.41, 5.74) is 1.84. The Hall–Kier alpha value is -1.94. The van der Waals surface area contributed by atoms with Gasteiger partial charge in [-0.15, -0.1) is 11.3 Å². The monoisotopic (exact) mass is 491 g/mol. The number of hydrogen-bond donors (Lipinski definition) is 1. The van der Waals surface area contributed by atoms with E-state index in [1.54, 1.807) is 0 Å². The Labute approximate surface area is 188 Å². The summed E-state index contributed by atoms with van der Waals surface area (Å²) in [6.45, 7) is 6.10. The average Bonchev–Trinajstić information content (AvgIpc) is 3.31. The predicted octanol–water partition coefficient (Wildman–Crippen LogP) is 3.37. The SMILES string of the molecule is C[C@@H](CNC(=O)c1cc2nc(N(C)C)n(-c3ccc(Br)cc3)c2s1)N1CCOCC1. The number of hydrogen-bond acceptors (Lipinski definition) is 6. The lowest BCUT2D eigenvalue weighted by Crippen LogP contribution is -2.47. The molecule has 1 amide bonds. The van der Waals surface area contributed by atoms with Crippen molar-refractivity contribution in [3.05, 3.63) is 39.7 Å². The van der Waals surface area contributed by atoms with Gasteiger partial charge in [-0.3, -0.25) is 14.3 Å². The lowest BCUT2D eigenvalue weighted by molar-refractivity contribution is 0.0204. The van der Waals surface area contributed by atoms with Gasteiger partial charge in [-0.05, 0) is 37.3 Å². The number of aromatic nitrogens is 2. The molecule has 0 bridgehead atoms. The van der Waals surface area contributed by atoms with Gasteiger partial charge in [-0.2, -0.15) is 0 Å². The Kier molecular flexibility index (Phi) is 6.43. The minimum Gasteiger partial charge on any atom is -0.379 e. The van der Waals surface area contributed by atoms with Gasteiger partial charge < -0.3 is 15.0 Å². The van der Waals surface area contributed by atoms with Crippen molar-refractivity contribution in [3.8, 4) is 5.69 Å². The molecule has 1 fully saturated rings. The van der Waals surface area contributed by atoms with E-state index in [0.29, 0.717) is 11.4 Å². The van der Waals surface area contributed by atoms with Crippen molar-refractivity contribution in [3.63, 3.8) is 0 Å². The topological polar surface area (TPSA) is 62.6 Å². The Bertz CT molecular complexity index is 1020. The van der Waals surface area contributed by atoms with Crippen molar-refractivity contribution in [2.75, 3.05) is 51.8 Å². The first-order chi connectivity index (χ1) is 14.4. The number of anilines is 1. The fourth-order valence-electron chi connectivity index (χ4n) is 3.57. The van der Waals surface area contributed by atoms with E-state index in [9.17, 15) is 4.79 Å². The number of carbonyl (C=O) groups is 1. The van der Waals surface area contributed by atoms with Crippen LogP contribution in [0, 0.1) is 0 Å². The van der Waals surface area contributed by atoms with Crippen molar-refractivity contribution in [2.24, 2.45) is 0 Å². The fraction of sp³-hybridized carbons (Fsp3) is 0.429. The number of morpholine rings is 1. The van der Waals surface area contributed by atoms with Crippen molar-refractivity contribution >= 4 is 49.5 Å². The first kappa shape index (κ1) is 21.3. The first-order valence-corrected chi connectivity index (χ1v) is 11.6. The summed E-state index contributed by atoms with van der Waals surface area (Å²) < 4.78 is 8.53. The first-order valence-electron chi connectivity index (χ1n) is 9.99. The average molecular weight is 492 g/mol. The highest BCUT2D eigenvalue weighted by atomic mass is 79.9. The van der Waals surface area contributed by atoms with Crippen molar-refractivity contribution in [1.82, 2.24) is 19.8 Å². The molecule has 1 atom stereocenters. The summed E-state index contributed by atoms with van der Waals surface area (Å²) in [5.74, 6) is 0.790. The number of amides is 1. The second-order valence-corrected chi connectivity index (χ2v) is 9.57. The van der Waals surface area contributed by atoms with Crippen LogP contribution >= 0.6 is 27.3 Å². The van der Waals surface area contributed by atoms with Crippen LogP contribution in [0.25, 0.3) is 16.0 Å². The zero-order valence-corrected chi connectivity index (χ0v) is 19.8. The number of nitrogens with one attached hydrogen (secondary N) is 1. The van der Waals surface area contributed by atoms with Gasteiger partial charge in [0.25, 0.3) is 5.91 Å². The Morgan fingerprint density at radius 1 is 1.30 bits per heavy atom. The number of imidazole rings is 1. The summed E-state index contributed by atoms with van der Waals surface area (Å²) in [5, 5.41) is 3.09. The molecule has 1 N–H and O–H groups in total. The molecule has 1 aromatic carbocycles. The molecule has 2 aromatic heterocycles. The van der Waals surface area contributed by atoms with E-state index in [1.807, 2.05) is 49.3 Å². The van der Waals surface area contributed by atoms with Gasteiger partial charge in [0.05, 0.1) is 18.1 Å². The molecule has 1 aliphatic heterocycles. The molecule has 4 rings (SSSR count). The summed E-state index contributed by atoms with van der Waals surface area (Å²) in [7, 11) is 3.95. The number of thiophene rings is 1. The highest BCUT2D eigenvalue weighted by Crippen LogP contribution is 2.33. The summed E-state index contributed by atoms with van der Waals surface area (Å²) in [6.07, 6.45) is 0. The van der Waals surface area contributed by atoms with E-state index >= 15 is 0 Å². The molecule has 0 aliphatic carbocycles. The van der Waals surface area contributed by atoms with E-state index in [-0.39, 0.29) is 11.9 Å². The third-order valence-electron chi connectivity index (χ3n) is 5.25. The third-order valence-corrected chi connectivity index (χ3v) is 6.89. The maximum Gasteiger partial charge on any atom is 0.261 e. The van der Waals surface area contributed by atoms with Gasteiger partial charge in [-0.1, -0.05) is 15.9 Å². The zero-order chi connectivity index (χ0) is 21.3. The smallest absolute Gasteiger partial charge is 0.261 e. The molecular weight excluding hydrogens is 466 g/mol. The fourth-order valence-corrected chi connectivity index (χ4v) is 4.87. The Morgan fingerprint density at radius 2 is 2.00 bits per heavy atom. The minimum atomic E-state index is -0.0492. The van der Waals surface area contributed by atoms with Crippen molar-refractivity contribution in [1.29, 1.82) is 0 Å². The van der Waals surface area contributed by atoms with Crippen molar-refractivity contribution in [2.45, 2.75) is 13.0 Å². The van der Waals surface area contributed by atoms with E-state index < -0.39 is 0 Å². The molecule has 9 heteroatoms. The van der Waals surface area contributed by atoms with E-state index in [2.05, 4.69) is 37.6 Å². The largest absolute Gasteiger partial charge is 0.379 e. The summed E-state index contributed by atoms with van der Waals surface area (Å²) >= 11 is 4.96. The van der Waals surface area contributed by atoms with Crippen LogP contribution in [-0.2, 0) is 4.74 Å². The molecule has 0 spiro atoms. The van der Waals surface area contributed by atoms with Crippen LogP contribution in [0.2, 0.25) is 0 Å². The zero-order valence-electron chi connectivity index (χ0n) is 17.4. The van der Waals surface area contributed by atoms with Gasteiger partial charge in [0, 0.05) is 49.9 Å². The molecular formula is C21H26BrN5O2S. The van der Waals surface area contributed by atoms with E-state index in [4.69, 9.17) is 9.72 Å². The molecule has 1 saturated heterocycles. The second kappa shape index (κ2) is 9.05. The molecule has 7 nitrogen and oxygen atoms in total. The van der Waals surface area contributed by atoms with E-state index in [1.165, 1.54) is 11.3 Å². The molecule has 0 saturated carbocycles. The van der Waals surface area contributed by atoms with Crippen LogP contribution in [0.3, 0.4) is 0 Å². The van der Waals surface area contributed by atoms with Crippen molar-refractivity contribution < 1.29 is 9.53 Å². The highest BCUT2D eigenvalue weighted by Gasteiger charge is 2.21. The molecule has 3 heterocycles. The van der Waals surface area contributed by atoms with Crippen LogP contribution in [0.15, 0.2) is 34.8 Å². The number of rotatable bonds is 6. The number of ether oxygens (including phenoxy) is 1. The van der Waals surface area contributed by atoms with Gasteiger partial charge in [-0.25, -0.2) is 4.98 Å². The highest BCUT2D eigenvalue weighted by molar-refractivity contribution is 9.10. The molecule has 160 valence electrons. The van der Waals surface area contributed by atoms with Crippen LogP contribution in [0.5, 0.6) is 0 Å². The molecule has 1 aliphatic rings. The standard InChI is InChI=1S/C21H26BrN5O2S/c1-14(26-8-10-29-11-9-26)13-23-19(28)18-12-17-20(30-18)27(21(24-17)25(2)3)16-6-4-15(22)5-7-16/h4-7,12,14H,8-11,13H2,1-3H3,(H,23,28)/t14-/m0/s1. The van der Waals surface area contributed by atoms with Crippen LogP contribution in [-0.4, -0.2) is 73.3 Å². The van der Waals surface area contributed by atoms with Crippen LogP contribution in [0.1, 0.15) is 16.6 Å². The third kappa shape index (κ3) is 4.39. The van der Waals surface area contributed by atoms with Crippen LogP contribution in [0.4, 0.5) is 5.95 Å². The van der Waals surface area contributed by atoms with Gasteiger partial charge in [0.1, 0.15) is 10.3 Å². The molecule has 0 unspecified atom stereocenters. The molecule has 3 aromatic rings. The summed E-state index contributed by atoms with van der Waals surface area (Å²) in [6, 6.07) is 10.3. The summed E-state index contributed by atoms with van der Waals surface area (Å²) in [4.78, 5) is 23.6. The normalized spacial score (nSPS) is 16.0. The van der Waals surface area contributed by atoms with E-state index in [0.717, 1.165) is 52.8 Å². The second-order valence-electron chi connectivity index (χ2n) is 7.63. The number of carbonyl (C=O) groups excluding carboxylic acids is 1. The maximum atomic E-state index is 12.8. The lowest BCUT2D eigenvalue weighted by Gasteiger charge is -2.32. The van der Waals surface area contributed by atoms with Crippen LogP contribution < -0.4 is 10.2 Å². The number of benzene rings is 1. The maximum absolute atomic E-state index is 12.8. The predicted molar refractivity (Wildman–Crippen MR) is 125 cm³/mol. The minimum absolute atomic E-state index is 0.0492. The lowest BCUT2D eigenvalue weighted by atomic mass is 10.2. The Morgan fingerprint density at radius 3 is 2.67 bits per heavy atom.